The molecule has 0 aliphatic heterocycles. The van der Waals surface area contributed by atoms with Gasteiger partial charge in [-0.1, -0.05) is 25.4 Å². The molecule has 2 nitrogen and oxygen atoms in total. The topological polar surface area (TPSA) is 35.2 Å². The van der Waals surface area contributed by atoms with Gasteiger partial charge in [0.15, 0.2) is 0 Å². The molecular formula is C11H16ClNO. The normalized spacial score (nSPS) is 13.0. The molecule has 2 N–H and O–H groups in total. The second kappa shape index (κ2) is 4.67. The van der Waals surface area contributed by atoms with Gasteiger partial charge in [-0.25, -0.2) is 0 Å². The molecule has 0 aromatic heterocycles. The summed E-state index contributed by atoms with van der Waals surface area (Å²) in [6, 6.07) is 5.59. The molecule has 0 saturated carbocycles. The van der Waals surface area contributed by atoms with Gasteiger partial charge in [0.25, 0.3) is 0 Å². The number of benzene rings is 1. The van der Waals surface area contributed by atoms with Gasteiger partial charge >= 0.3 is 0 Å². The minimum absolute atomic E-state index is 0.00241. The molecule has 0 bridgehead atoms. The molecule has 78 valence electrons. The van der Waals surface area contributed by atoms with E-state index in [4.69, 9.17) is 22.1 Å². The summed E-state index contributed by atoms with van der Waals surface area (Å²) in [7, 11) is 1.62. The molecule has 1 rings (SSSR count). The van der Waals surface area contributed by atoms with Crippen LogP contribution in [-0.4, -0.2) is 7.11 Å². The third-order valence-electron chi connectivity index (χ3n) is 2.23. The van der Waals surface area contributed by atoms with Crippen molar-refractivity contribution in [2.75, 3.05) is 7.11 Å². The van der Waals surface area contributed by atoms with Crippen molar-refractivity contribution in [1.29, 1.82) is 0 Å². The summed E-state index contributed by atoms with van der Waals surface area (Å²) < 4.78 is 5.13. The minimum atomic E-state index is 0.00241. The largest absolute Gasteiger partial charge is 0.497 e. The van der Waals surface area contributed by atoms with Crippen LogP contribution < -0.4 is 10.5 Å². The second-order valence-electron chi connectivity index (χ2n) is 3.69. The molecule has 1 unspecified atom stereocenters. The Morgan fingerprint density at radius 3 is 2.43 bits per heavy atom. The number of rotatable bonds is 3. The summed E-state index contributed by atoms with van der Waals surface area (Å²) in [5, 5.41) is 0.662. The van der Waals surface area contributed by atoms with Crippen LogP contribution >= 0.6 is 11.6 Å². The monoisotopic (exact) mass is 213 g/mol. The highest BCUT2D eigenvalue weighted by Crippen LogP contribution is 2.27. The van der Waals surface area contributed by atoms with E-state index in [1.807, 2.05) is 12.1 Å². The van der Waals surface area contributed by atoms with E-state index in [-0.39, 0.29) is 6.04 Å². The maximum absolute atomic E-state index is 6.02. The minimum Gasteiger partial charge on any atom is -0.497 e. The molecule has 0 fully saturated rings. The summed E-state index contributed by atoms with van der Waals surface area (Å²) in [5.74, 6) is 1.14. The Bertz CT molecular complexity index is 312. The van der Waals surface area contributed by atoms with E-state index < -0.39 is 0 Å². The standard InChI is InChI=1S/C11H16ClNO/c1-7(2)11(13)8-4-9(12)6-10(5-8)14-3/h4-7,11H,13H2,1-3H3. The van der Waals surface area contributed by atoms with Crippen molar-refractivity contribution >= 4 is 11.6 Å². The number of nitrogens with two attached hydrogens (primary N) is 1. The summed E-state index contributed by atoms with van der Waals surface area (Å²) in [6.07, 6.45) is 0. The lowest BCUT2D eigenvalue weighted by Gasteiger charge is -2.17. The van der Waals surface area contributed by atoms with Gasteiger partial charge in [-0.15, -0.1) is 0 Å². The fourth-order valence-corrected chi connectivity index (χ4v) is 1.51. The van der Waals surface area contributed by atoms with Crippen molar-refractivity contribution in [3.63, 3.8) is 0 Å². The molecule has 0 saturated heterocycles. The molecule has 1 atom stereocenters. The van der Waals surface area contributed by atoms with Crippen LogP contribution in [0, 0.1) is 5.92 Å². The Balaban J connectivity index is 3.02. The SMILES string of the molecule is COc1cc(Cl)cc(C(N)C(C)C)c1. The van der Waals surface area contributed by atoms with Gasteiger partial charge in [0.05, 0.1) is 7.11 Å². The number of hydrogen-bond acceptors (Lipinski definition) is 2. The van der Waals surface area contributed by atoms with Crippen LogP contribution in [0.4, 0.5) is 0 Å². The maximum atomic E-state index is 6.02. The van der Waals surface area contributed by atoms with Crippen LogP contribution in [0.25, 0.3) is 0 Å². The summed E-state index contributed by atoms with van der Waals surface area (Å²) in [5.41, 5.74) is 7.03. The van der Waals surface area contributed by atoms with E-state index in [9.17, 15) is 0 Å². The molecule has 1 aromatic carbocycles. The molecule has 0 aliphatic rings. The highest BCUT2D eigenvalue weighted by atomic mass is 35.5. The van der Waals surface area contributed by atoms with Gasteiger partial charge in [0.1, 0.15) is 5.75 Å². The van der Waals surface area contributed by atoms with Crippen molar-refractivity contribution in [2.24, 2.45) is 11.7 Å². The van der Waals surface area contributed by atoms with E-state index in [0.717, 1.165) is 11.3 Å². The zero-order valence-corrected chi connectivity index (χ0v) is 9.51. The Labute approximate surface area is 90.0 Å². The zero-order valence-electron chi connectivity index (χ0n) is 8.75. The summed E-state index contributed by atoms with van der Waals surface area (Å²) >= 11 is 5.94. The van der Waals surface area contributed by atoms with E-state index in [1.54, 1.807) is 13.2 Å². The molecule has 0 amide bonds. The predicted molar refractivity (Wildman–Crippen MR) is 59.8 cm³/mol. The number of halogens is 1. The lowest BCUT2D eigenvalue weighted by molar-refractivity contribution is 0.412. The molecule has 3 heteroatoms. The average molecular weight is 214 g/mol. The van der Waals surface area contributed by atoms with Gasteiger partial charge in [-0.3, -0.25) is 0 Å². The van der Waals surface area contributed by atoms with E-state index in [1.165, 1.54) is 0 Å². The van der Waals surface area contributed by atoms with Gasteiger partial charge in [0.2, 0.25) is 0 Å². The fourth-order valence-electron chi connectivity index (χ4n) is 1.28. The Kier molecular flexibility index (Phi) is 3.78. The predicted octanol–water partition coefficient (Wildman–Crippen LogP) is 3.00. The van der Waals surface area contributed by atoms with Crippen molar-refractivity contribution in [3.05, 3.63) is 28.8 Å². The highest BCUT2D eigenvalue weighted by molar-refractivity contribution is 6.30. The van der Waals surface area contributed by atoms with Crippen LogP contribution in [0.15, 0.2) is 18.2 Å². The molecule has 1 aromatic rings. The Morgan fingerprint density at radius 2 is 1.93 bits per heavy atom. The van der Waals surface area contributed by atoms with Crippen LogP contribution in [0.2, 0.25) is 5.02 Å². The number of ether oxygens (including phenoxy) is 1. The van der Waals surface area contributed by atoms with Crippen molar-refractivity contribution in [1.82, 2.24) is 0 Å². The first-order valence-corrected chi connectivity index (χ1v) is 5.02. The van der Waals surface area contributed by atoms with Gasteiger partial charge in [-0.05, 0) is 29.7 Å². The summed E-state index contributed by atoms with van der Waals surface area (Å²) in [4.78, 5) is 0. The number of methoxy groups -OCH3 is 1. The Morgan fingerprint density at radius 1 is 1.29 bits per heavy atom. The average Bonchev–Trinajstić information content (AvgIpc) is 2.15. The molecule has 14 heavy (non-hydrogen) atoms. The van der Waals surface area contributed by atoms with Gasteiger partial charge < -0.3 is 10.5 Å². The first-order valence-electron chi connectivity index (χ1n) is 4.64. The van der Waals surface area contributed by atoms with E-state index >= 15 is 0 Å². The van der Waals surface area contributed by atoms with Crippen LogP contribution in [0.3, 0.4) is 0 Å². The van der Waals surface area contributed by atoms with Crippen molar-refractivity contribution in [2.45, 2.75) is 19.9 Å². The lowest BCUT2D eigenvalue weighted by atomic mass is 9.97. The van der Waals surface area contributed by atoms with Gasteiger partial charge in [-0.2, -0.15) is 0 Å². The van der Waals surface area contributed by atoms with Crippen LogP contribution in [0.5, 0.6) is 5.75 Å². The number of hydrogen-bond donors (Lipinski definition) is 1. The summed E-state index contributed by atoms with van der Waals surface area (Å²) in [6.45, 7) is 4.16. The molecule has 0 spiro atoms. The highest BCUT2D eigenvalue weighted by Gasteiger charge is 2.12. The molecular weight excluding hydrogens is 198 g/mol. The molecule has 0 heterocycles. The maximum Gasteiger partial charge on any atom is 0.120 e. The second-order valence-corrected chi connectivity index (χ2v) is 4.13. The van der Waals surface area contributed by atoms with Crippen molar-refractivity contribution < 1.29 is 4.74 Å². The zero-order chi connectivity index (χ0) is 10.7. The van der Waals surface area contributed by atoms with E-state index in [0.29, 0.717) is 10.9 Å². The quantitative estimate of drug-likeness (QED) is 0.838. The molecule has 0 aliphatic carbocycles. The fraction of sp³-hybridized carbons (Fsp3) is 0.455. The Hall–Kier alpha value is -0.730. The molecule has 0 radical (unpaired) electrons. The third-order valence-corrected chi connectivity index (χ3v) is 2.45. The van der Waals surface area contributed by atoms with Crippen LogP contribution in [-0.2, 0) is 0 Å². The van der Waals surface area contributed by atoms with Crippen LogP contribution in [0.1, 0.15) is 25.5 Å². The van der Waals surface area contributed by atoms with Crippen molar-refractivity contribution in [3.8, 4) is 5.75 Å². The smallest absolute Gasteiger partial charge is 0.120 e. The first-order chi connectivity index (χ1) is 6.54. The van der Waals surface area contributed by atoms with Gasteiger partial charge in [0, 0.05) is 11.1 Å². The van der Waals surface area contributed by atoms with E-state index in [2.05, 4.69) is 13.8 Å². The first kappa shape index (κ1) is 11.3. The lowest BCUT2D eigenvalue weighted by Crippen LogP contribution is -2.16. The third kappa shape index (κ3) is 2.63.